The summed E-state index contributed by atoms with van der Waals surface area (Å²) >= 11 is 1.62. The molecule has 0 saturated carbocycles. The Kier molecular flexibility index (Phi) is 3.70. The smallest absolute Gasteiger partial charge is 0.354 e. The van der Waals surface area contributed by atoms with Crippen LogP contribution in [0.1, 0.15) is 45.3 Å². The minimum atomic E-state index is -1.12. The summed E-state index contributed by atoms with van der Waals surface area (Å²) < 4.78 is 0. The molecule has 6 heteroatoms. The Morgan fingerprint density at radius 1 is 1.38 bits per heavy atom. The van der Waals surface area contributed by atoms with Crippen LogP contribution in [-0.2, 0) is 0 Å². The van der Waals surface area contributed by atoms with Gasteiger partial charge in [-0.15, -0.1) is 0 Å². The molecule has 1 amide bonds. The number of carbonyl (C=O) groups is 2. The van der Waals surface area contributed by atoms with E-state index >= 15 is 0 Å². The van der Waals surface area contributed by atoms with Gasteiger partial charge in [0.15, 0.2) is 0 Å². The minimum absolute atomic E-state index is 0.0881. The van der Waals surface area contributed by atoms with Crippen molar-refractivity contribution in [3.05, 3.63) is 52.0 Å². The normalized spacial score (nSPS) is 17.9. The molecule has 1 aliphatic heterocycles. The van der Waals surface area contributed by atoms with E-state index in [2.05, 4.69) is 10.4 Å². The molecule has 5 nitrogen and oxygen atoms in total. The van der Waals surface area contributed by atoms with Crippen molar-refractivity contribution in [2.45, 2.75) is 18.9 Å². The van der Waals surface area contributed by atoms with E-state index in [9.17, 15) is 9.59 Å². The second-order valence-corrected chi connectivity index (χ2v) is 5.73. The SMILES string of the molecule is O=C(O)c1cc(C(=O)N2CCCC2c2ccsc2)ccn1. The molecule has 21 heavy (non-hydrogen) atoms. The molecular weight excluding hydrogens is 288 g/mol. The zero-order chi connectivity index (χ0) is 14.8. The fraction of sp³-hybridized carbons (Fsp3) is 0.267. The van der Waals surface area contributed by atoms with Crippen LogP contribution in [0.3, 0.4) is 0 Å². The number of pyridine rings is 1. The third-order valence-corrected chi connectivity index (χ3v) is 4.37. The Morgan fingerprint density at radius 2 is 2.24 bits per heavy atom. The lowest BCUT2D eigenvalue weighted by atomic mass is 10.1. The number of carbonyl (C=O) groups excluding carboxylic acids is 1. The molecule has 0 spiro atoms. The number of aromatic nitrogens is 1. The maximum absolute atomic E-state index is 12.6. The summed E-state index contributed by atoms with van der Waals surface area (Å²) in [6.45, 7) is 0.698. The van der Waals surface area contributed by atoms with Crippen LogP contribution in [0.5, 0.6) is 0 Å². The summed E-state index contributed by atoms with van der Waals surface area (Å²) in [6, 6.07) is 5.03. The Hall–Kier alpha value is -2.21. The van der Waals surface area contributed by atoms with Gasteiger partial charge in [0.2, 0.25) is 0 Å². The molecule has 1 atom stereocenters. The van der Waals surface area contributed by atoms with Crippen molar-refractivity contribution in [3.8, 4) is 0 Å². The van der Waals surface area contributed by atoms with Crippen molar-refractivity contribution in [2.75, 3.05) is 6.54 Å². The van der Waals surface area contributed by atoms with Crippen LogP contribution >= 0.6 is 11.3 Å². The highest BCUT2D eigenvalue weighted by molar-refractivity contribution is 7.08. The van der Waals surface area contributed by atoms with E-state index in [4.69, 9.17) is 5.11 Å². The largest absolute Gasteiger partial charge is 0.477 e. The van der Waals surface area contributed by atoms with Gasteiger partial charge in [-0.3, -0.25) is 4.79 Å². The van der Waals surface area contributed by atoms with E-state index in [0.29, 0.717) is 12.1 Å². The molecule has 1 saturated heterocycles. The average Bonchev–Trinajstić information content (AvgIpc) is 3.17. The van der Waals surface area contributed by atoms with E-state index in [1.54, 1.807) is 17.4 Å². The molecule has 0 radical (unpaired) electrons. The van der Waals surface area contributed by atoms with Gasteiger partial charge in [0.25, 0.3) is 5.91 Å². The van der Waals surface area contributed by atoms with Crippen molar-refractivity contribution in [3.63, 3.8) is 0 Å². The number of carboxylic acid groups (broad SMARTS) is 1. The van der Waals surface area contributed by atoms with E-state index in [1.165, 1.54) is 12.3 Å². The number of rotatable bonds is 3. The summed E-state index contributed by atoms with van der Waals surface area (Å²) in [4.78, 5) is 29.2. The molecule has 0 aliphatic carbocycles. The third-order valence-electron chi connectivity index (χ3n) is 3.67. The van der Waals surface area contributed by atoms with Crippen molar-refractivity contribution >= 4 is 23.2 Å². The number of hydrogen-bond acceptors (Lipinski definition) is 4. The standard InChI is InChI=1S/C15H14N2O3S/c18-14(10-3-5-16-12(8-10)15(19)20)17-6-1-2-13(17)11-4-7-21-9-11/h3-5,7-9,13H,1-2,6H2,(H,19,20). The number of nitrogens with zero attached hydrogens (tertiary/aromatic N) is 2. The summed E-state index contributed by atoms with van der Waals surface area (Å²) in [5.41, 5.74) is 1.43. The van der Waals surface area contributed by atoms with Crippen molar-refractivity contribution in [1.29, 1.82) is 0 Å². The predicted octanol–water partition coefficient (Wildman–Crippen LogP) is 2.82. The number of hydrogen-bond donors (Lipinski definition) is 1. The van der Waals surface area contributed by atoms with Gasteiger partial charge >= 0.3 is 5.97 Å². The van der Waals surface area contributed by atoms with E-state index in [-0.39, 0.29) is 17.6 Å². The third kappa shape index (κ3) is 2.67. The molecule has 3 rings (SSSR count). The van der Waals surface area contributed by atoms with Crippen LogP contribution in [0.25, 0.3) is 0 Å². The summed E-state index contributed by atoms with van der Waals surface area (Å²) in [5, 5.41) is 13.0. The molecule has 1 N–H and O–H groups in total. The maximum atomic E-state index is 12.6. The molecular formula is C15H14N2O3S. The average molecular weight is 302 g/mol. The van der Waals surface area contributed by atoms with Gasteiger partial charge in [-0.25, -0.2) is 9.78 Å². The molecule has 0 bridgehead atoms. The zero-order valence-electron chi connectivity index (χ0n) is 11.2. The predicted molar refractivity (Wildman–Crippen MR) is 78.5 cm³/mol. The molecule has 2 aromatic heterocycles. The highest BCUT2D eigenvalue weighted by Gasteiger charge is 2.31. The summed E-state index contributed by atoms with van der Waals surface area (Å²) in [6.07, 6.45) is 3.27. The monoisotopic (exact) mass is 302 g/mol. The Bertz CT molecular complexity index is 669. The van der Waals surface area contributed by atoms with Crippen LogP contribution in [-0.4, -0.2) is 33.4 Å². The molecule has 108 valence electrons. The number of aromatic carboxylic acids is 1. The van der Waals surface area contributed by atoms with Crippen molar-refractivity contribution in [1.82, 2.24) is 9.88 Å². The van der Waals surface area contributed by atoms with Gasteiger partial charge in [0.05, 0.1) is 6.04 Å². The topological polar surface area (TPSA) is 70.5 Å². The lowest BCUT2D eigenvalue weighted by molar-refractivity contribution is 0.0690. The summed E-state index contributed by atoms with van der Waals surface area (Å²) in [5.74, 6) is -1.26. The number of carboxylic acids is 1. The second-order valence-electron chi connectivity index (χ2n) is 4.95. The molecule has 3 heterocycles. The first-order valence-electron chi connectivity index (χ1n) is 6.69. The Labute approximate surface area is 125 Å². The van der Waals surface area contributed by atoms with Gasteiger partial charge in [-0.1, -0.05) is 0 Å². The summed E-state index contributed by atoms with van der Waals surface area (Å²) in [7, 11) is 0. The van der Waals surface area contributed by atoms with E-state index in [0.717, 1.165) is 18.4 Å². The highest BCUT2D eigenvalue weighted by Crippen LogP contribution is 2.34. The van der Waals surface area contributed by atoms with Crippen LogP contribution in [0.4, 0.5) is 0 Å². The van der Waals surface area contributed by atoms with Crippen molar-refractivity contribution < 1.29 is 14.7 Å². The van der Waals surface area contributed by atoms with Crippen molar-refractivity contribution in [2.24, 2.45) is 0 Å². The number of amides is 1. The lowest BCUT2D eigenvalue weighted by Crippen LogP contribution is -2.30. The first-order chi connectivity index (χ1) is 10.2. The van der Waals surface area contributed by atoms with Gasteiger partial charge in [0.1, 0.15) is 5.69 Å². The maximum Gasteiger partial charge on any atom is 0.354 e. The number of thiophene rings is 1. The van der Waals surface area contributed by atoms with E-state index in [1.807, 2.05) is 16.3 Å². The molecule has 2 aromatic rings. The van der Waals surface area contributed by atoms with Crippen LogP contribution in [0, 0.1) is 0 Å². The van der Waals surface area contributed by atoms with Crippen LogP contribution in [0.15, 0.2) is 35.2 Å². The highest BCUT2D eigenvalue weighted by atomic mass is 32.1. The van der Waals surface area contributed by atoms with Gasteiger partial charge in [0, 0.05) is 18.3 Å². The fourth-order valence-corrected chi connectivity index (χ4v) is 3.37. The molecule has 1 unspecified atom stereocenters. The minimum Gasteiger partial charge on any atom is -0.477 e. The van der Waals surface area contributed by atoms with Crippen LogP contribution < -0.4 is 0 Å². The molecule has 0 aromatic carbocycles. The second kappa shape index (κ2) is 5.65. The first kappa shape index (κ1) is 13.8. The zero-order valence-corrected chi connectivity index (χ0v) is 12.0. The Morgan fingerprint density at radius 3 is 2.95 bits per heavy atom. The van der Waals surface area contributed by atoms with Crippen LogP contribution in [0.2, 0.25) is 0 Å². The van der Waals surface area contributed by atoms with Gasteiger partial charge in [-0.05, 0) is 47.4 Å². The van der Waals surface area contributed by atoms with Gasteiger partial charge in [-0.2, -0.15) is 11.3 Å². The van der Waals surface area contributed by atoms with Gasteiger partial charge < -0.3 is 10.0 Å². The molecule has 1 aliphatic rings. The number of likely N-dealkylation sites (tertiary alicyclic amines) is 1. The lowest BCUT2D eigenvalue weighted by Gasteiger charge is -2.24. The van der Waals surface area contributed by atoms with E-state index < -0.39 is 5.97 Å². The molecule has 1 fully saturated rings. The fourth-order valence-electron chi connectivity index (χ4n) is 2.67. The first-order valence-corrected chi connectivity index (χ1v) is 7.63. The Balaban J connectivity index is 1.87. The quantitative estimate of drug-likeness (QED) is 0.946.